The highest BCUT2D eigenvalue weighted by Crippen LogP contribution is 2.37. The molecule has 3 aromatic carbocycles. The van der Waals surface area contributed by atoms with Gasteiger partial charge in [-0.3, -0.25) is 9.59 Å². The molecular weight excluding hydrogens is 485 g/mol. The summed E-state index contributed by atoms with van der Waals surface area (Å²) in [7, 11) is 0. The second-order valence-electron chi connectivity index (χ2n) is 7.57. The van der Waals surface area contributed by atoms with Crippen LogP contribution in [0.15, 0.2) is 66.2 Å². The van der Waals surface area contributed by atoms with E-state index in [4.69, 9.17) is 21.1 Å². The second kappa shape index (κ2) is 12.4. The van der Waals surface area contributed by atoms with Gasteiger partial charge in [0.2, 0.25) is 0 Å². The van der Waals surface area contributed by atoms with Crippen LogP contribution in [0.3, 0.4) is 0 Å². The average molecular weight is 508 g/mol. The van der Waals surface area contributed by atoms with E-state index in [0.717, 1.165) is 5.56 Å². The van der Waals surface area contributed by atoms with Gasteiger partial charge in [0.15, 0.2) is 18.1 Å². The third-order valence-electron chi connectivity index (χ3n) is 4.81. The van der Waals surface area contributed by atoms with Gasteiger partial charge in [-0.25, -0.2) is 4.39 Å². The molecule has 0 fully saturated rings. The first kappa shape index (κ1) is 26.3. The topological polar surface area (TPSA) is 100 Å². The van der Waals surface area contributed by atoms with Gasteiger partial charge in [0, 0.05) is 5.69 Å². The number of ether oxygens (including phenoxy) is 2. The van der Waals surface area contributed by atoms with Crippen LogP contribution in [0.4, 0.5) is 15.8 Å². The smallest absolute Gasteiger partial charge is 0.266 e. The van der Waals surface area contributed by atoms with Crippen LogP contribution in [-0.2, 0) is 9.59 Å². The van der Waals surface area contributed by atoms with Gasteiger partial charge in [-0.2, -0.15) is 5.26 Å². The Kier molecular flexibility index (Phi) is 9.03. The molecule has 0 aliphatic carbocycles. The molecule has 184 valence electrons. The van der Waals surface area contributed by atoms with Crippen LogP contribution in [0.1, 0.15) is 18.1 Å². The second-order valence-corrected chi connectivity index (χ2v) is 7.98. The Morgan fingerprint density at radius 1 is 1.08 bits per heavy atom. The minimum absolute atomic E-state index is 0.0238. The predicted octanol–water partition coefficient (Wildman–Crippen LogP) is 5.75. The lowest BCUT2D eigenvalue weighted by Crippen LogP contribution is -2.21. The number of nitrogens with one attached hydrogen (secondary N) is 2. The number of para-hydroxylation sites is 1. The molecule has 0 aliphatic heterocycles. The lowest BCUT2D eigenvalue weighted by atomic mass is 10.1. The molecule has 0 heterocycles. The van der Waals surface area contributed by atoms with E-state index in [1.54, 1.807) is 25.1 Å². The minimum atomic E-state index is -0.595. The van der Waals surface area contributed by atoms with Crippen molar-refractivity contribution in [2.24, 2.45) is 0 Å². The number of nitriles is 1. The normalized spacial score (nSPS) is 10.8. The fraction of sp³-hybridized carbons (Fsp3) is 0.148. The Hall–Kier alpha value is -4.35. The van der Waals surface area contributed by atoms with E-state index in [0.29, 0.717) is 11.3 Å². The van der Waals surface area contributed by atoms with Crippen molar-refractivity contribution in [1.29, 1.82) is 5.26 Å². The Balaban J connectivity index is 1.77. The molecule has 9 heteroatoms. The molecule has 0 unspecified atom stereocenters. The highest BCUT2D eigenvalue weighted by atomic mass is 35.5. The van der Waals surface area contributed by atoms with E-state index in [1.165, 1.54) is 36.4 Å². The third-order valence-corrected chi connectivity index (χ3v) is 5.09. The maximum atomic E-state index is 13.8. The summed E-state index contributed by atoms with van der Waals surface area (Å²) in [4.78, 5) is 24.8. The van der Waals surface area contributed by atoms with Crippen molar-refractivity contribution in [1.82, 2.24) is 0 Å². The zero-order valence-electron chi connectivity index (χ0n) is 19.6. The Labute approximate surface area is 213 Å². The van der Waals surface area contributed by atoms with Gasteiger partial charge in [-0.05, 0) is 61.9 Å². The van der Waals surface area contributed by atoms with Gasteiger partial charge in [-0.1, -0.05) is 41.4 Å². The first-order chi connectivity index (χ1) is 17.3. The van der Waals surface area contributed by atoms with Gasteiger partial charge in [0.05, 0.1) is 17.3 Å². The lowest BCUT2D eigenvalue weighted by Gasteiger charge is -2.15. The molecule has 3 aromatic rings. The van der Waals surface area contributed by atoms with Crippen LogP contribution in [-0.4, -0.2) is 25.0 Å². The number of hydrogen-bond donors (Lipinski definition) is 2. The Morgan fingerprint density at radius 2 is 1.81 bits per heavy atom. The zero-order valence-corrected chi connectivity index (χ0v) is 20.4. The van der Waals surface area contributed by atoms with Crippen molar-refractivity contribution >= 4 is 40.9 Å². The van der Waals surface area contributed by atoms with Crippen LogP contribution in [0.2, 0.25) is 5.02 Å². The number of nitrogens with zero attached hydrogens (tertiary/aromatic N) is 1. The minimum Gasteiger partial charge on any atom is -0.490 e. The maximum Gasteiger partial charge on any atom is 0.266 e. The van der Waals surface area contributed by atoms with E-state index in [9.17, 15) is 19.2 Å². The van der Waals surface area contributed by atoms with Crippen LogP contribution < -0.4 is 20.1 Å². The number of rotatable bonds is 9. The van der Waals surface area contributed by atoms with Crippen LogP contribution in [0, 0.1) is 24.1 Å². The number of carbonyl (C=O) groups is 2. The van der Waals surface area contributed by atoms with Crippen LogP contribution in [0.25, 0.3) is 6.08 Å². The lowest BCUT2D eigenvalue weighted by molar-refractivity contribution is -0.118. The predicted molar refractivity (Wildman–Crippen MR) is 137 cm³/mol. The van der Waals surface area contributed by atoms with E-state index >= 15 is 0 Å². The molecule has 0 saturated heterocycles. The van der Waals surface area contributed by atoms with E-state index < -0.39 is 24.2 Å². The first-order valence-electron chi connectivity index (χ1n) is 10.9. The number of benzene rings is 3. The Morgan fingerprint density at radius 3 is 2.47 bits per heavy atom. The van der Waals surface area contributed by atoms with Crippen molar-refractivity contribution in [2.75, 3.05) is 23.8 Å². The number of halogens is 2. The SMILES string of the molecule is CCOc1cc(/C=C(/C#N)C(=O)Nc2ccc(C)cc2)cc(Cl)c1OCC(=O)Nc1ccccc1F. The van der Waals surface area contributed by atoms with Crippen molar-refractivity contribution < 1.29 is 23.5 Å². The molecule has 0 spiro atoms. The van der Waals surface area contributed by atoms with Gasteiger partial charge in [-0.15, -0.1) is 0 Å². The molecular formula is C27H23ClFN3O4. The first-order valence-corrected chi connectivity index (χ1v) is 11.3. The van der Waals surface area contributed by atoms with Crippen molar-refractivity contribution in [3.63, 3.8) is 0 Å². The standard InChI is InChI=1S/C27H23ClFN3O4/c1-3-35-24-14-18(12-19(15-30)27(34)31-20-10-8-17(2)9-11-20)13-21(28)26(24)36-16-25(33)32-23-7-5-4-6-22(23)29/h4-14H,3,16H2,1-2H3,(H,31,34)(H,32,33)/b19-12-. The molecule has 0 radical (unpaired) electrons. The molecule has 0 saturated carbocycles. The summed E-state index contributed by atoms with van der Waals surface area (Å²) in [6.45, 7) is 3.49. The number of anilines is 2. The summed E-state index contributed by atoms with van der Waals surface area (Å²) in [5.74, 6) is -1.44. The largest absolute Gasteiger partial charge is 0.490 e. The molecule has 0 atom stereocenters. The maximum absolute atomic E-state index is 13.8. The van der Waals surface area contributed by atoms with Gasteiger partial charge >= 0.3 is 0 Å². The van der Waals surface area contributed by atoms with Crippen molar-refractivity contribution in [2.45, 2.75) is 13.8 Å². The molecule has 2 N–H and O–H groups in total. The molecule has 0 aliphatic rings. The summed E-state index contributed by atoms with van der Waals surface area (Å²) < 4.78 is 24.9. The summed E-state index contributed by atoms with van der Waals surface area (Å²) >= 11 is 6.38. The van der Waals surface area contributed by atoms with Gasteiger partial charge < -0.3 is 20.1 Å². The molecule has 7 nitrogen and oxygen atoms in total. The summed E-state index contributed by atoms with van der Waals surface area (Å²) in [6.07, 6.45) is 1.37. The van der Waals surface area contributed by atoms with E-state index in [-0.39, 0.29) is 34.4 Å². The summed E-state index contributed by atoms with van der Waals surface area (Å²) in [6, 6.07) is 17.8. The van der Waals surface area contributed by atoms with Crippen molar-refractivity contribution in [3.8, 4) is 17.6 Å². The number of aryl methyl sites for hydroxylation is 1. The number of carbonyl (C=O) groups excluding carboxylic acids is 2. The molecule has 36 heavy (non-hydrogen) atoms. The summed E-state index contributed by atoms with van der Waals surface area (Å²) in [5.41, 5.74) is 1.89. The zero-order chi connectivity index (χ0) is 26.1. The summed E-state index contributed by atoms with van der Waals surface area (Å²) in [5, 5.41) is 14.7. The van der Waals surface area contributed by atoms with Gasteiger partial charge in [0.25, 0.3) is 11.8 Å². The highest BCUT2D eigenvalue weighted by Gasteiger charge is 2.16. The monoisotopic (exact) mass is 507 g/mol. The van der Waals surface area contributed by atoms with Crippen LogP contribution in [0.5, 0.6) is 11.5 Å². The Bertz CT molecular complexity index is 1330. The fourth-order valence-corrected chi connectivity index (χ4v) is 3.39. The average Bonchev–Trinajstić information content (AvgIpc) is 2.85. The number of hydrogen-bond acceptors (Lipinski definition) is 5. The molecule has 0 bridgehead atoms. The van der Waals surface area contributed by atoms with Crippen LogP contribution >= 0.6 is 11.6 Å². The molecule has 0 aromatic heterocycles. The number of amides is 2. The van der Waals surface area contributed by atoms with E-state index in [2.05, 4.69) is 10.6 Å². The van der Waals surface area contributed by atoms with Gasteiger partial charge in [0.1, 0.15) is 17.5 Å². The molecule has 2 amide bonds. The van der Waals surface area contributed by atoms with E-state index in [1.807, 2.05) is 25.1 Å². The molecule has 3 rings (SSSR count). The van der Waals surface area contributed by atoms with Crippen molar-refractivity contribution in [3.05, 3.63) is 88.2 Å². The third kappa shape index (κ3) is 7.08. The highest BCUT2D eigenvalue weighted by molar-refractivity contribution is 6.32. The fourth-order valence-electron chi connectivity index (χ4n) is 3.11. The quantitative estimate of drug-likeness (QED) is 0.284.